The molecule has 0 aromatic heterocycles. The zero-order chi connectivity index (χ0) is 14.2. The number of halogens is 3. The summed E-state index contributed by atoms with van der Waals surface area (Å²) >= 11 is 9.71. The van der Waals surface area contributed by atoms with E-state index in [9.17, 15) is 4.39 Å². The third-order valence-corrected chi connectivity index (χ3v) is 4.31. The van der Waals surface area contributed by atoms with Crippen LogP contribution in [-0.2, 0) is 0 Å². The second kappa shape index (κ2) is 5.64. The number of alkyl halides is 1. The molecule has 0 radical (unpaired) electrons. The van der Waals surface area contributed by atoms with Gasteiger partial charge in [-0.05, 0) is 59.5 Å². The second-order valence-corrected chi connectivity index (χ2v) is 6.11. The highest BCUT2D eigenvalue weighted by molar-refractivity contribution is 9.10. The lowest BCUT2D eigenvalue weighted by Gasteiger charge is -2.18. The monoisotopic (exact) mass is 340 g/mol. The smallest absolute Gasteiger partial charge is 0.142 e. The van der Waals surface area contributed by atoms with Gasteiger partial charge in [0.2, 0.25) is 0 Å². The fourth-order valence-electron chi connectivity index (χ4n) is 2.46. The maximum atomic E-state index is 14.1. The number of rotatable bonds is 2. The molecule has 1 unspecified atom stereocenters. The van der Waals surface area contributed by atoms with E-state index < -0.39 is 5.38 Å². The Morgan fingerprint density at radius 3 is 2.26 bits per heavy atom. The molecule has 0 fully saturated rings. The van der Waals surface area contributed by atoms with Gasteiger partial charge in [-0.1, -0.05) is 29.8 Å². The molecule has 0 amide bonds. The molecule has 100 valence electrons. The third kappa shape index (κ3) is 2.85. The highest BCUT2D eigenvalue weighted by Gasteiger charge is 2.20. The van der Waals surface area contributed by atoms with Crippen LogP contribution in [0.25, 0.3) is 0 Å². The lowest BCUT2D eigenvalue weighted by molar-refractivity contribution is 0.605. The standard InChI is InChI=1S/C16H15BrClF/c1-9-7-10(2)14(11(3)8-9)15(18)12-5-4-6-13(17)16(12)19/h4-8,15H,1-3H3. The highest BCUT2D eigenvalue weighted by atomic mass is 79.9. The van der Waals surface area contributed by atoms with Crippen molar-refractivity contribution >= 4 is 27.5 Å². The van der Waals surface area contributed by atoms with E-state index in [0.717, 1.165) is 16.7 Å². The summed E-state index contributed by atoms with van der Waals surface area (Å²) < 4.78 is 14.6. The summed E-state index contributed by atoms with van der Waals surface area (Å²) in [4.78, 5) is 0. The first-order valence-electron chi connectivity index (χ1n) is 6.07. The van der Waals surface area contributed by atoms with Crippen LogP contribution >= 0.6 is 27.5 Å². The molecule has 0 aliphatic carbocycles. The quantitative estimate of drug-likeness (QED) is 0.602. The molecule has 0 heterocycles. The summed E-state index contributed by atoms with van der Waals surface area (Å²) in [5, 5.41) is -0.474. The Bertz CT molecular complexity index is 599. The van der Waals surface area contributed by atoms with Gasteiger partial charge >= 0.3 is 0 Å². The van der Waals surface area contributed by atoms with Gasteiger partial charge in [-0.2, -0.15) is 0 Å². The molecule has 0 aliphatic heterocycles. The van der Waals surface area contributed by atoms with E-state index in [0.29, 0.717) is 10.0 Å². The molecular formula is C16H15BrClF. The zero-order valence-corrected chi connectivity index (χ0v) is 13.4. The van der Waals surface area contributed by atoms with Crippen molar-refractivity contribution in [2.45, 2.75) is 26.1 Å². The first-order chi connectivity index (χ1) is 8.91. The summed E-state index contributed by atoms with van der Waals surface area (Å²) in [6.07, 6.45) is 0. The molecule has 0 N–H and O–H groups in total. The highest BCUT2D eigenvalue weighted by Crippen LogP contribution is 2.36. The molecule has 0 spiro atoms. The Labute approximate surface area is 126 Å². The largest absolute Gasteiger partial charge is 0.205 e. The van der Waals surface area contributed by atoms with Gasteiger partial charge in [0.05, 0.1) is 9.85 Å². The van der Waals surface area contributed by atoms with E-state index in [2.05, 4.69) is 28.1 Å². The van der Waals surface area contributed by atoms with E-state index in [1.807, 2.05) is 20.8 Å². The minimum Gasteiger partial charge on any atom is -0.205 e. The molecule has 19 heavy (non-hydrogen) atoms. The van der Waals surface area contributed by atoms with Gasteiger partial charge in [0, 0.05) is 5.56 Å². The summed E-state index contributed by atoms with van der Waals surface area (Å²) in [6.45, 7) is 6.08. The Kier molecular flexibility index (Phi) is 4.32. The van der Waals surface area contributed by atoms with Gasteiger partial charge in [-0.15, -0.1) is 11.6 Å². The van der Waals surface area contributed by atoms with E-state index in [-0.39, 0.29) is 5.82 Å². The Morgan fingerprint density at radius 1 is 1.11 bits per heavy atom. The molecular weight excluding hydrogens is 327 g/mol. The van der Waals surface area contributed by atoms with Crippen LogP contribution in [0.1, 0.15) is 33.2 Å². The Hall–Kier alpha value is -0.860. The average Bonchev–Trinajstić information content (AvgIpc) is 2.31. The maximum absolute atomic E-state index is 14.1. The molecule has 0 aliphatic rings. The second-order valence-electron chi connectivity index (χ2n) is 4.82. The van der Waals surface area contributed by atoms with Crippen LogP contribution in [0.3, 0.4) is 0 Å². The zero-order valence-electron chi connectivity index (χ0n) is 11.1. The predicted octanol–water partition coefficient (Wildman–Crippen LogP) is 5.84. The first kappa shape index (κ1) is 14.5. The number of hydrogen-bond donors (Lipinski definition) is 0. The van der Waals surface area contributed by atoms with Crippen LogP contribution in [0.2, 0.25) is 0 Å². The van der Waals surface area contributed by atoms with Crippen molar-refractivity contribution in [1.82, 2.24) is 0 Å². The van der Waals surface area contributed by atoms with E-state index in [1.165, 1.54) is 5.56 Å². The van der Waals surface area contributed by atoms with Gasteiger partial charge in [-0.25, -0.2) is 4.39 Å². The van der Waals surface area contributed by atoms with Gasteiger partial charge in [-0.3, -0.25) is 0 Å². The summed E-state index contributed by atoms with van der Waals surface area (Å²) in [5.74, 6) is -0.290. The van der Waals surface area contributed by atoms with Crippen molar-refractivity contribution in [3.63, 3.8) is 0 Å². The van der Waals surface area contributed by atoms with Crippen molar-refractivity contribution in [2.75, 3.05) is 0 Å². The van der Waals surface area contributed by atoms with E-state index in [4.69, 9.17) is 11.6 Å². The van der Waals surface area contributed by atoms with Crippen LogP contribution in [0, 0.1) is 26.6 Å². The molecule has 2 rings (SSSR count). The van der Waals surface area contributed by atoms with Crippen LogP contribution in [-0.4, -0.2) is 0 Å². The molecule has 3 heteroatoms. The number of aryl methyl sites for hydroxylation is 3. The fourth-order valence-corrected chi connectivity index (χ4v) is 3.36. The van der Waals surface area contributed by atoms with Crippen molar-refractivity contribution in [3.8, 4) is 0 Å². The molecule has 0 nitrogen and oxygen atoms in total. The summed E-state index contributed by atoms with van der Waals surface area (Å²) in [7, 11) is 0. The van der Waals surface area contributed by atoms with Gasteiger partial charge in [0.25, 0.3) is 0 Å². The maximum Gasteiger partial charge on any atom is 0.142 e. The number of benzene rings is 2. The van der Waals surface area contributed by atoms with Gasteiger partial charge in [0.15, 0.2) is 0 Å². The van der Waals surface area contributed by atoms with Crippen molar-refractivity contribution < 1.29 is 4.39 Å². The van der Waals surface area contributed by atoms with Crippen LogP contribution in [0.15, 0.2) is 34.8 Å². The van der Waals surface area contributed by atoms with Gasteiger partial charge < -0.3 is 0 Å². The number of hydrogen-bond acceptors (Lipinski definition) is 0. The fraction of sp³-hybridized carbons (Fsp3) is 0.250. The minimum atomic E-state index is -0.474. The van der Waals surface area contributed by atoms with Crippen molar-refractivity contribution in [3.05, 3.63) is 68.4 Å². The van der Waals surface area contributed by atoms with Crippen LogP contribution < -0.4 is 0 Å². The molecule has 2 aromatic rings. The first-order valence-corrected chi connectivity index (χ1v) is 7.30. The van der Waals surface area contributed by atoms with Crippen LogP contribution in [0.5, 0.6) is 0 Å². The predicted molar refractivity (Wildman–Crippen MR) is 82.4 cm³/mol. The topological polar surface area (TPSA) is 0 Å². The molecule has 2 aromatic carbocycles. The molecule has 1 atom stereocenters. The third-order valence-electron chi connectivity index (χ3n) is 3.25. The van der Waals surface area contributed by atoms with E-state index in [1.54, 1.807) is 18.2 Å². The Morgan fingerprint density at radius 2 is 1.68 bits per heavy atom. The summed E-state index contributed by atoms with van der Waals surface area (Å²) in [6, 6.07) is 9.37. The normalized spacial score (nSPS) is 12.5. The van der Waals surface area contributed by atoms with Crippen LogP contribution in [0.4, 0.5) is 4.39 Å². The lowest BCUT2D eigenvalue weighted by atomic mass is 9.93. The molecule has 0 saturated heterocycles. The summed E-state index contributed by atoms with van der Waals surface area (Å²) in [5.41, 5.74) is 4.88. The minimum absolute atomic E-state index is 0.290. The molecule has 0 saturated carbocycles. The van der Waals surface area contributed by atoms with Crippen molar-refractivity contribution in [2.24, 2.45) is 0 Å². The molecule has 0 bridgehead atoms. The van der Waals surface area contributed by atoms with E-state index >= 15 is 0 Å². The lowest BCUT2D eigenvalue weighted by Crippen LogP contribution is -2.03. The SMILES string of the molecule is Cc1cc(C)c(C(Cl)c2cccc(Br)c2F)c(C)c1. The van der Waals surface area contributed by atoms with Gasteiger partial charge in [0.1, 0.15) is 5.82 Å². The average molecular weight is 342 g/mol. The van der Waals surface area contributed by atoms with Crippen molar-refractivity contribution in [1.29, 1.82) is 0 Å². The Balaban J connectivity index is 2.56.